The number of amides is 1. The summed E-state index contributed by atoms with van der Waals surface area (Å²) in [6.45, 7) is 5.93. The van der Waals surface area contributed by atoms with Crippen molar-refractivity contribution < 1.29 is 9.53 Å². The predicted octanol–water partition coefficient (Wildman–Crippen LogP) is 2.78. The molecule has 0 radical (unpaired) electrons. The minimum absolute atomic E-state index is 0.115. The van der Waals surface area contributed by atoms with Crippen LogP contribution in [0.1, 0.15) is 32.3 Å². The van der Waals surface area contributed by atoms with Crippen LogP contribution in [0.3, 0.4) is 0 Å². The summed E-state index contributed by atoms with van der Waals surface area (Å²) in [5, 5.41) is 2.88. The third kappa shape index (κ3) is 3.07. The molecule has 1 amide bonds. The second-order valence-electron chi connectivity index (χ2n) is 4.11. The summed E-state index contributed by atoms with van der Waals surface area (Å²) < 4.78 is 4.97. The molecule has 0 fully saturated rings. The van der Waals surface area contributed by atoms with Crippen LogP contribution in [-0.4, -0.2) is 19.1 Å². The first-order valence-corrected chi connectivity index (χ1v) is 5.48. The van der Waals surface area contributed by atoms with Crippen LogP contribution in [0.15, 0.2) is 24.3 Å². The van der Waals surface area contributed by atoms with Gasteiger partial charge < -0.3 is 10.1 Å². The quantitative estimate of drug-likeness (QED) is 0.849. The van der Waals surface area contributed by atoms with Crippen LogP contribution in [-0.2, 0) is 9.53 Å². The van der Waals surface area contributed by atoms with Crippen molar-refractivity contribution in [2.24, 2.45) is 0 Å². The molecule has 0 aromatic heterocycles. The van der Waals surface area contributed by atoms with E-state index in [1.54, 1.807) is 6.92 Å². The summed E-state index contributed by atoms with van der Waals surface area (Å²) in [6.07, 6.45) is -0.430. The molecule has 0 saturated carbocycles. The summed E-state index contributed by atoms with van der Waals surface area (Å²) in [5.41, 5.74) is 2.01. The molecule has 1 N–H and O–H groups in total. The van der Waals surface area contributed by atoms with E-state index in [4.69, 9.17) is 4.74 Å². The highest BCUT2D eigenvalue weighted by Gasteiger charge is 2.14. The molecule has 0 aliphatic rings. The van der Waals surface area contributed by atoms with Crippen molar-refractivity contribution in [1.82, 2.24) is 0 Å². The molecular formula is C13H19NO2. The highest BCUT2D eigenvalue weighted by Crippen LogP contribution is 2.23. The maximum atomic E-state index is 11.7. The Bertz CT molecular complexity index is 361. The van der Waals surface area contributed by atoms with E-state index in [-0.39, 0.29) is 5.91 Å². The number of methoxy groups -OCH3 is 1. The minimum Gasteiger partial charge on any atom is -0.372 e. The fourth-order valence-corrected chi connectivity index (χ4v) is 1.46. The molecule has 0 heterocycles. The number of ether oxygens (including phenoxy) is 1. The van der Waals surface area contributed by atoms with Gasteiger partial charge in [-0.25, -0.2) is 0 Å². The van der Waals surface area contributed by atoms with Crippen LogP contribution < -0.4 is 5.32 Å². The second-order valence-corrected chi connectivity index (χ2v) is 4.11. The molecular weight excluding hydrogens is 202 g/mol. The Labute approximate surface area is 96.8 Å². The fourth-order valence-electron chi connectivity index (χ4n) is 1.46. The van der Waals surface area contributed by atoms with Crippen LogP contribution in [0, 0.1) is 0 Å². The smallest absolute Gasteiger partial charge is 0.253 e. The Hall–Kier alpha value is -1.35. The topological polar surface area (TPSA) is 38.3 Å². The number of carbonyl (C=O) groups excluding carboxylic acids is 1. The number of rotatable bonds is 4. The van der Waals surface area contributed by atoms with Crippen molar-refractivity contribution in [1.29, 1.82) is 0 Å². The Kier molecular flexibility index (Phi) is 4.50. The van der Waals surface area contributed by atoms with E-state index in [0.29, 0.717) is 5.92 Å². The predicted molar refractivity (Wildman–Crippen MR) is 65.6 cm³/mol. The number of hydrogen-bond acceptors (Lipinski definition) is 2. The van der Waals surface area contributed by atoms with Gasteiger partial charge in [0, 0.05) is 12.8 Å². The largest absolute Gasteiger partial charge is 0.372 e. The fraction of sp³-hybridized carbons (Fsp3) is 0.462. The first-order valence-electron chi connectivity index (χ1n) is 5.48. The molecule has 0 saturated heterocycles. The van der Waals surface area contributed by atoms with Gasteiger partial charge in [-0.2, -0.15) is 0 Å². The Morgan fingerprint density at radius 2 is 1.88 bits per heavy atom. The standard InChI is InChI=1S/C13H19NO2/c1-9(2)11-7-5-6-8-12(11)14-13(15)10(3)16-4/h5-10H,1-4H3,(H,14,15). The normalized spacial score (nSPS) is 12.6. The van der Waals surface area contributed by atoms with Crippen molar-refractivity contribution in [3.8, 4) is 0 Å². The van der Waals surface area contributed by atoms with Crippen molar-refractivity contribution in [3.63, 3.8) is 0 Å². The number of para-hydroxylation sites is 1. The van der Waals surface area contributed by atoms with Crippen LogP contribution in [0.4, 0.5) is 5.69 Å². The lowest BCUT2D eigenvalue weighted by molar-refractivity contribution is -0.124. The van der Waals surface area contributed by atoms with Gasteiger partial charge in [0.2, 0.25) is 0 Å². The van der Waals surface area contributed by atoms with E-state index in [9.17, 15) is 4.79 Å². The zero-order valence-corrected chi connectivity index (χ0v) is 10.3. The summed E-state index contributed by atoms with van der Waals surface area (Å²) in [5.74, 6) is 0.268. The molecule has 16 heavy (non-hydrogen) atoms. The van der Waals surface area contributed by atoms with Gasteiger partial charge in [0.15, 0.2) is 0 Å². The van der Waals surface area contributed by atoms with Gasteiger partial charge in [0.05, 0.1) is 0 Å². The van der Waals surface area contributed by atoms with Crippen molar-refractivity contribution in [3.05, 3.63) is 29.8 Å². The molecule has 1 aromatic carbocycles. The number of anilines is 1. The second kappa shape index (κ2) is 5.66. The highest BCUT2D eigenvalue weighted by atomic mass is 16.5. The average molecular weight is 221 g/mol. The molecule has 0 aliphatic carbocycles. The molecule has 1 rings (SSSR count). The zero-order chi connectivity index (χ0) is 12.1. The van der Waals surface area contributed by atoms with Gasteiger partial charge in [-0.15, -0.1) is 0 Å². The van der Waals surface area contributed by atoms with E-state index in [2.05, 4.69) is 19.2 Å². The molecule has 0 spiro atoms. The van der Waals surface area contributed by atoms with E-state index in [1.807, 2.05) is 24.3 Å². The summed E-state index contributed by atoms with van der Waals surface area (Å²) in [7, 11) is 1.53. The Morgan fingerprint density at radius 1 is 1.25 bits per heavy atom. The molecule has 1 atom stereocenters. The van der Waals surface area contributed by atoms with E-state index in [1.165, 1.54) is 7.11 Å². The minimum atomic E-state index is -0.430. The lowest BCUT2D eigenvalue weighted by Crippen LogP contribution is -2.27. The van der Waals surface area contributed by atoms with Crippen molar-refractivity contribution in [2.45, 2.75) is 32.8 Å². The lowest BCUT2D eigenvalue weighted by atomic mass is 10.0. The molecule has 0 aliphatic heterocycles. The maximum Gasteiger partial charge on any atom is 0.253 e. The number of hydrogen-bond donors (Lipinski definition) is 1. The van der Waals surface area contributed by atoms with Gasteiger partial charge in [-0.1, -0.05) is 32.0 Å². The average Bonchev–Trinajstić information content (AvgIpc) is 2.28. The maximum absolute atomic E-state index is 11.7. The van der Waals surface area contributed by atoms with Gasteiger partial charge in [0.25, 0.3) is 5.91 Å². The van der Waals surface area contributed by atoms with E-state index < -0.39 is 6.10 Å². The number of benzene rings is 1. The molecule has 0 bridgehead atoms. The molecule has 1 unspecified atom stereocenters. The third-order valence-corrected chi connectivity index (χ3v) is 2.56. The number of nitrogens with one attached hydrogen (secondary N) is 1. The summed E-state index contributed by atoms with van der Waals surface area (Å²) in [6, 6.07) is 7.83. The van der Waals surface area contributed by atoms with E-state index in [0.717, 1.165) is 11.3 Å². The van der Waals surface area contributed by atoms with Crippen LogP contribution in [0.2, 0.25) is 0 Å². The molecule has 3 nitrogen and oxygen atoms in total. The highest BCUT2D eigenvalue weighted by molar-refractivity contribution is 5.94. The monoisotopic (exact) mass is 221 g/mol. The van der Waals surface area contributed by atoms with Crippen LogP contribution in [0.5, 0.6) is 0 Å². The first kappa shape index (κ1) is 12.7. The van der Waals surface area contributed by atoms with Gasteiger partial charge in [0.1, 0.15) is 6.10 Å². The van der Waals surface area contributed by atoms with Gasteiger partial charge in [-0.3, -0.25) is 4.79 Å². The zero-order valence-electron chi connectivity index (χ0n) is 10.3. The van der Waals surface area contributed by atoms with Crippen molar-refractivity contribution >= 4 is 11.6 Å². The lowest BCUT2D eigenvalue weighted by Gasteiger charge is -2.15. The summed E-state index contributed by atoms with van der Waals surface area (Å²) in [4.78, 5) is 11.7. The Balaban J connectivity index is 2.84. The first-order chi connectivity index (χ1) is 7.56. The van der Waals surface area contributed by atoms with Gasteiger partial charge in [-0.05, 0) is 24.5 Å². The molecule has 1 aromatic rings. The van der Waals surface area contributed by atoms with E-state index >= 15 is 0 Å². The summed E-state index contributed by atoms with van der Waals surface area (Å²) >= 11 is 0. The SMILES string of the molecule is COC(C)C(=O)Nc1ccccc1C(C)C. The Morgan fingerprint density at radius 3 is 2.44 bits per heavy atom. The van der Waals surface area contributed by atoms with Crippen molar-refractivity contribution in [2.75, 3.05) is 12.4 Å². The molecule has 88 valence electrons. The molecule has 3 heteroatoms. The van der Waals surface area contributed by atoms with Crippen LogP contribution >= 0.6 is 0 Å². The third-order valence-electron chi connectivity index (χ3n) is 2.56. The van der Waals surface area contributed by atoms with Gasteiger partial charge >= 0.3 is 0 Å². The van der Waals surface area contributed by atoms with Crippen LogP contribution in [0.25, 0.3) is 0 Å². The number of carbonyl (C=O) groups is 1.